The molecule has 1 aromatic carbocycles. The average Bonchev–Trinajstić information content (AvgIpc) is 2.80. The van der Waals surface area contributed by atoms with E-state index >= 15 is 0 Å². The van der Waals surface area contributed by atoms with Gasteiger partial charge in [-0.15, -0.1) is 0 Å². The second kappa shape index (κ2) is 5.51. The van der Waals surface area contributed by atoms with Crippen molar-refractivity contribution in [2.24, 2.45) is 0 Å². The van der Waals surface area contributed by atoms with E-state index in [0.717, 1.165) is 0 Å². The van der Waals surface area contributed by atoms with E-state index in [2.05, 4.69) is 15.3 Å². The lowest BCUT2D eigenvalue weighted by molar-refractivity contribution is -0.120. The molecule has 2 aromatic rings. The van der Waals surface area contributed by atoms with Crippen molar-refractivity contribution in [2.75, 3.05) is 6.54 Å². The Labute approximate surface area is 109 Å². The van der Waals surface area contributed by atoms with Crippen LogP contribution in [-0.4, -0.2) is 33.8 Å². The number of phenols is 1. The van der Waals surface area contributed by atoms with Crippen molar-refractivity contribution in [1.82, 2.24) is 15.3 Å². The third kappa shape index (κ3) is 2.73. The standard InChI is InChI=1S/C13H15N3O3/c1-2-14-12(19)6-5-11-15-9-3-4-10(18)8(7-17)13(9)16-11/h3-4,7,18H,2,5-6H2,1H3,(H,14,19)(H,15,16). The molecule has 1 heterocycles. The lowest BCUT2D eigenvalue weighted by atomic mass is 10.2. The van der Waals surface area contributed by atoms with Gasteiger partial charge >= 0.3 is 0 Å². The number of phenolic OH excluding ortho intramolecular Hbond substituents is 1. The normalized spacial score (nSPS) is 10.6. The summed E-state index contributed by atoms with van der Waals surface area (Å²) in [4.78, 5) is 29.6. The fourth-order valence-corrected chi connectivity index (χ4v) is 1.89. The summed E-state index contributed by atoms with van der Waals surface area (Å²) in [6.45, 7) is 2.46. The number of aromatic amines is 1. The number of hydrogen-bond acceptors (Lipinski definition) is 4. The summed E-state index contributed by atoms with van der Waals surface area (Å²) in [6, 6.07) is 3.10. The lowest BCUT2D eigenvalue weighted by Gasteiger charge is -1.99. The summed E-state index contributed by atoms with van der Waals surface area (Å²) >= 11 is 0. The fraction of sp³-hybridized carbons (Fsp3) is 0.308. The largest absolute Gasteiger partial charge is 0.507 e. The Morgan fingerprint density at radius 1 is 1.53 bits per heavy atom. The molecule has 0 fully saturated rings. The minimum Gasteiger partial charge on any atom is -0.507 e. The van der Waals surface area contributed by atoms with Crippen molar-refractivity contribution in [3.63, 3.8) is 0 Å². The number of fused-ring (bicyclic) bond motifs is 1. The topological polar surface area (TPSA) is 95.1 Å². The van der Waals surface area contributed by atoms with Crippen LogP contribution in [0.2, 0.25) is 0 Å². The lowest BCUT2D eigenvalue weighted by Crippen LogP contribution is -2.22. The first kappa shape index (κ1) is 13.1. The maximum Gasteiger partial charge on any atom is 0.220 e. The van der Waals surface area contributed by atoms with Gasteiger partial charge in [0.25, 0.3) is 0 Å². The number of imidazole rings is 1. The van der Waals surface area contributed by atoms with Gasteiger partial charge in [-0.1, -0.05) is 0 Å². The summed E-state index contributed by atoms with van der Waals surface area (Å²) in [6.07, 6.45) is 1.36. The van der Waals surface area contributed by atoms with Crippen LogP contribution in [0, 0.1) is 0 Å². The molecule has 0 aliphatic rings. The van der Waals surface area contributed by atoms with Crippen molar-refractivity contribution >= 4 is 23.2 Å². The zero-order chi connectivity index (χ0) is 13.8. The molecule has 0 spiro atoms. The number of aryl methyl sites for hydroxylation is 1. The summed E-state index contributed by atoms with van der Waals surface area (Å²) < 4.78 is 0. The predicted molar refractivity (Wildman–Crippen MR) is 70.2 cm³/mol. The Bertz CT molecular complexity index is 619. The van der Waals surface area contributed by atoms with Gasteiger partial charge in [-0.2, -0.15) is 0 Å². The first-order valence-corrected chi connectivity index (χ1v) is 6.08. The second-order valence-corrected chi connectivity index (χ2v) is 4.15. The Balaban J connectivity index is 2.22. The van der Waals surface area contributed by atoms with E-state index in [1.165, 1.54) is 6.07 Å². The zero-order valence-electron chi connectivity index (χ0n) is 10.6. The van der Waals surface area contributed by atoms with E-state index in [9.17, 15) is 14.7 Å². The van der Waals surface area contributed by atoms with Crippen LogP contribution in [-0.2, 0) is 11.2 Å². The number of hydrogen-bond donors (Lipinski definition) is 3. The van der Waals surface area contributed by atoms with Crippen LogP contribution in [0.4, 0.5) is 0 Å². The highest BCUT2D eigenvalue weighted by molar-refractivity contribution is 5.97. The fourth-order valence-electron chi connectivity index (χ4n) is 1.89. The van der Waals surface area contributed by atoms with Crippen molar-refractivity contribution in [1.29, 1.82) is 0 Å². The monoisotopic (exact) mass is 261 g/mol. The van der Waals surface area contributed by atoms with Crippen LogP contribution in [0.3, 0.4) is 0 Å². The maximum absolute atomic E-state index is 11.4. The average molecular weight is 261 g/mol. The maximum atomic E-state index is 11.4. The Morgan fingerprint density at radius 2 is 2.32 bits per heavy atom. The third-order valence-electron chi connectivity index (χ3n) is 2.80. The van der Waals surface area contributed by atoms with Gasteiger partial charge in [0.05, 0.1) is 11.1 Å². The van der Waals surface area contributed by atoms with Gasteiger partial charge in [-0.3, -0.25) is 9.59 Å². The Hall–Kier alpha value is -2.37. The highest BCUT2D eigenvalue weighted by Crippen LogP contribution is 2.24. The van der Waals surface area contributed by atoms with E-state index in [-0.39, 0.29) is 17.2 Å². The number of H-pyrrole nitrogens is 1. The molecule has 0 bridgehead atoms. The van der Waals surface area contributed by atoms with Gasteiger partial charge < -0.3 is 15.4 Å². The minimum atomic E-state index is -0.0933. The molecular weight excluding hydrogens is 246 g/mol. The van der Waals surface area contributed by atoms with E-state index in [1.54, 1.807) is 6.07 Å². The van der Waals surface area contributed by atoms with E-state index in [4.69, 9.17) is 0 Å². The molecule has 6 nitrogen and oxygen atoms in total. The number of aldehydes is 1. The van der Waals surface area contributed by atoms with E-state index < -0.39 is 0 Å². The third-order valence-corrected chi connectivity index (χ3v) is 2.80. The van der Waals surface area contributed by atoms with Crippen molar-refractivity contribution in [3.8, 4) is 5.75 Å². The van der Waals surface area contributed by atoms with Crippen molar-refractivity contribution < 1.29 is 14.7 Å². The van der Waals surface area contributed by atoms with E-state index in [1.807, 2.05) is 6.92 Å². The number of amides is 1. The highest BCUT2D eigenvalue weighted by atomic mass is 16.3. The number of nitrogens with one attached hydrogen (secondary N) is 2. The van der Waals surface area contributed by atoms with Crippen molar-refractivity contribution in [3.05, 3.63) is 23.5 Å². The number of benzene rings is 1. The SMILES string of the molecule is CCNC(=O)CCc1nc2c(C=O)c(O)ccc2[nH]1. The van der Waals surface area contributed by atoms with Crippen LogP contribution in [0.5, 0.6) is 5.75 Å². The molecule has 2 rings (SSSR count). The molecule has 19 heavy (non-hydrogen) atoms. The molecule has 0 atom stereocenters. The van der Waals surface area contributed by atoms with Crippen LogP contribution in [0.1, 0.15) is 29.5 Å². The number of carbonyl (C=O) groups excluding carboxylic acids is 2. The molecule has 6 heteroatoms. The molecule has 0 radical (unpaired) electrons. The van der Waals surface area contributed by atoms with Gasteiger partial charge in [0.2, 0.25) is 5.91 Å². The summed E-state index contributed by atoms with van der Waals surface area (Å²) in [7, 11) is 0. The first-order valence-electron chi connectivity index (χ1n) is 6.08. The minimum absolute atomic E-state index is 0.0404. The molecule has 100 valence electrons. The number of nitrogens with zero attached hydrogens (tertiary/aromatic N) is 1. The smallest absolute Gasteiger partial charge is 0.220 e. The Morgan fingerprint density at radius 3 is 3.00 bits per heavy atom. The molecule has 0 aliphatic carbocycles. The second-order valence-electron chi connectivity index (χ2n) is 4.15. The quantitative estimate of drug-likeness (QED) is 0.703. The zero-order valence-corrected chi connectivity index (χ0v) is 10.6. The van der Waals surface area contributed by atoms with E-state index in [0.29, 0.717) is 42.5 Å². The number of rotatable bonds is 5. The van der Waals surface area contributed by atoms with Gasteiger partial charge in [0, 0.05) is 19.4 Å². The number of carbonyl (C=O) groups is 2. The molecule has 1 amide bonds. The highest BCUT2D eigenvalue weighted by Gasteiger charge is 2.11. The summed E-state index contributed by atoms with van der Waals surface area (Å²) in [5, 5.41) is 12.3. The molecule has 0 saturated heterocycles. The van der Waals surface area contributed by atoms with Gasteiger partial charge in [-0.25, -0.2) is 4.98 Å². The summed E-state index contributed by atoms with van der Waals surface area (Å²) in [5.41, 5.74) is 1.27. The number of aromatic nitrogens is 2. The van der Waals surface area contributed by atoms with Gasteiger partial charge in [0.15, 0.2) is 6.29 Å². The Kier molecular flexibility index (Phi) is 3.79. The molecule has 0 aliphatic heterocycles. The molecule has 0 unspecified atom stereocenters. The van der Waals surface area contributed by atoms with Gasteiger partial charge in [0.1, 0.15) is 17.1 Å². The van der Waals surface area contributed by atoms with Crippen LogP contribution < -0.4 is 5.32 Å². The molecule has 3 N–H and O–H groups in total. The molecule has 0 saturated carbocycles. The van der Waals surface area contributed by atoms with Crippen molar-refractivity contribution in [2.45, 2.75) is 19.8 Å². The van der Waals surface area contributed by atoms with Gasteiger partial charge in [-0.05, 0) is 19.1 Å². The van der Waals surface area contributed by atoms with Crippen LogP contribution in [0.25, 0.3) is 11.0 Å². The number of aromatic hydroxyl groups is 1. The van der Waals surface area contributed by atoms with Crippen LogP contribution in [0.15, 0.2) is 12.1 Å². The molecular formula is C13H15N3O3. The summed E-state index contributed by atoms with van der Waals surface area (Å²) in [5.74, 6) is 0.487. The molecule has 1 aromatic heterocycles. The first-order chi connectivity index (χ1) is 9.15. The van der Waals surface area contributed by atoms with Crippen LogP contribution >= 0.6 is 0 Å². The predicted octanol–water partition coefficient (Wildman–Crippen LogP) is 1.15.